The molecule has 178 valence electrons. The first-order valence-electron chi connectivity index (χ1n) is 11.5. The zero-order valence-corrected chi connectivity index (χ0v) is 19.3. The van der Waals surface area contributed by atoms with E-state index in [1.165, 1.54) is 6.26 Å². The number of nitrogens with zero attached hydrogens (tertiary/aromatic N) is 4. The second-order valence-corrected chi connectivity index (χ2v) is 9.01. The van der Waals surface area contributed by atoms with Gasteiger partial charge in [0, 0.05) is 62.9 Å². The van der Waals surface area contributed by atoms with Crippen LogP contribution >= 0.6 is 0 Å². The van der Waals surface area contributed by atoms with Crippen LogP contribution in [-0.4, -0.2) is 41.4 Å². The highest BCUT2D eigenvalue weighted by Crippen LogP contribution is 2.37. The highest BCUT2D eigenvalue weighted by Gasteiger charge is 2.36. The van der Waals surface area contributed by atoms with Crippen molar-refractivity contribution in [2.75, 3.05) is 34.8 Å². The first-order valence-corrected chi connectivity index (χ1v) is 11.5. The molecular formula is C25H27F2N5O2. The monoisotopic (exact) mass is 467 g/mol. The number of hydrogen-bond donors (Lipinski definition) is 1. The van der Waals surface area contributed by atoms with Gasteiger partial charge in [0.25, 0.3) is 11.8 Å². The first kappa shape index (κ1) is 22.3. The van der Waals surface area contributed by atoms with Gasteiger partial charge >= 0.3 is 0 Å². The van der Waals surface area contributed by atoms with Gasteiger partial charge in [-0.2, -0.15) is 0 Å². The number of aryl methyl sites for hydroxylation is 2. The molecule has 1 N–H and O–H groups in total. The van der Waals surface area contributed by atoms with E-state index in [0.717, 1.165) is 41.2 Å². The number of rotatable bonds is 4. The molecule has 1 fully saturated rings. The van der Waals surface area contributed by atoms with Crippen molar-refractivity contribution in [2.24, 2.45) is 0 Å². The lowest BCUT2D eigenvalue weighted by atomic mass is 10.0. The van der Waals surface area contributed by atoms with Crippen molar-refractivity contribution in [1.82, 2.24) is 9.97 Å². The fraction of sp³-hybridized carbons (Fsp3) is 0.400. The highest BCUT2D eigenvalue weighted by molar-refractivity contribution is 6.05. The molecule has 7 nitrogen and oxygen atoms in total. The Hall–Kier alpha value is -3.49. The van der Waals surface area contributed by atoms with Crippen molar-refractivity contribution in [3.63, 3.8) is 0 Å². The molecule has 5 heterocycles. The van der Waals surface area contributed by atoms with Gasteiger partial charge in [-0.3, -0.25) is 9.78 Å². The van der Waals surface area contributed by atoms with E-state index in [1.807, 2.05) is 24.0 Å². The molecule has 0 bridgehead atoms. The quantitative estimate of drug-likeness (QED) is 0.598. The minimum absolute atomic E-state index is 0.165. The maximum atomic E-state index is 13.9. The Morgan fingerprint density at radius 3 is 2.65 bits per heavy atom. The van der Waals surface area contributed by atoms with Gasteiger partial charge in [-0.15, -0.1) is 0 Å². The zero-order chi connectivity index (χ0) is 23.9. The lowest BCUT2D eigenvalue weighted by Crippen LogP contribution is -2.40. The Bertz CT molecular complexity index is 1220. The van der Waals surface area contributed by atoms with Crippen LogP contribution in [0, 0.1) is 13.8 Å². The topological polar surface area (TPSA) is 74.5 Å². The fourth-order valence-corrected chi connectivity index (χ4v) is 4.57. The van der Waals surface area contributed by atoms with E-state index in [4.69, 9.17) is 9.40 Å². The molecule has 3 aromatic rings. The van der Waals surface area contributed by atoms with E-state index in [0.29, 0.717) is 18.1 Å². The number of aromatic nitrogens is 2. The van der Waals surface area contributed by atoms with Crippen LogP contribution in [0.3, 0.4) is 0 Å². The Morgan fingerprint density at radius 1 is 1.12 bits per heavy atom. The van der Waals surface area contributed by atoms with E-state index in [-0.39, 0.29) is 37.6 Å². The molecule has 9 heteroatoms. The number of hydrogen-bond acceptors (Lipinski definition) is 6. The van der Waals surface area contributed by atoms with Crippen LogP contribution in [0.5, 0.6) is 0 Å². The molecule has 0 unspecified atom stereocenters. The van der Waals surface area contributed by atoms with Crippen molar-refractivity contribution < 1.29 is 18.0 Å². The van der Waals surface area contributed by atoms with Crippen molar-refractivity contribution in [3.8, 4) is 0 Å². The number of piperidine rings is 1. The van der Waals surface area contributed by atoms with Crippen LogP contribution < -0.4 is 15.1 Å². The molecule has 1 amide bonds. The first-order chi connectivity index (χ1) is 16.3. The number of furan rings is 1. The second kappa shape index (κ2) is 8.70. The Labute approximate surface area is 196 Å². The van der Waals surface area contributed by atoms with E-state index in [9.17, 15) is 13.6 Å². The van der Waals surface area contributed by atoms with Crippen molar-refractivity contribution in [2.45, 2.75) is 45.6 Å². The Balaban J connectivity index is 1.49. The number of fused-ring (bicyclic) bond motifs is 1. The van der Waals surface area contributed by atoms with Gasteiger partial charge in [-0.1, -0.05) is 6.07 Å². The molecule has 34 heavy (non-hydrogen) atoms. The van der Waals surface area contributed by atoms with Crippen molar-refractivity contribution in [3.05, 3.63) is 64.9 Å². The van der Waals surface area contributed by atoms with Crippen molar-refractivity contribution >= 4 is 23.2 Å². The molecule has 0 radical (unpaired) electrons. The standard InChI is InChI=1S/C25H27F2N5O2/c1-16-6-13-34-22(16)24(33)30-21-17(2)14-20(29-23(21)31-11-7-25(26,27)8-12-31)32-10-5-19-18(15-32)4-3-9-28-19/h3-4,6,9,13-14H,5,7-8,10-12,15H2,1-2H3,(H,30,33). The summed E-state index contributed by atoms with van der Waals surface area (Å²) in [6, 6.07) is 7.65. The lowest BCUT2D eigenvalue weighted by Gasteiger charge is -2.35. The minimum atomic E-state index is -2.68. The summed E-state index contributed by atoms with van der Waals surface area (Å²) in [5.74, 6) is -1.57. The summed E-state index contributed by atoms with van der Waals surface area (Å²) >= 11 is 0. The second-order valence-electron chi connectivity index (χ2n) is 9.01. The summed E-state index contributed by atoms with van der Waals surface area (Å²) in [5.41, 5.74) is 4.30. The van der Waals surface area contributed by atoms with E-state index in [1.54, 1.807) is 19.2 Å². The van der Waals surface area contributed by atoms with Crippen LogP contribution in [0.25, 0.3) is 0 Å². The van der Waals surface area contributed by atoms with E-state index in [2.05, 4.69) is 21.3 Å². The highest BCUT2D eigenvalue weighted by atomic mass is 19.3. The third-order valence-electron chi connectivity index (χ3n) is 6.57. The van der Waals surface area contributed by atoms with E-state index >= 15 is 0 Å². The summed E-state index contributed by atoms with van der Waals surface area (Å²) in [4.78, 5) is 26.3. The molecular weight excluding hydrogens is 440 g/mol. The minimum Gasteiger partial charge on any atom is -0.459 e. The van der Waals surface area contributed by atoms with E-state index < -0.39 is 5.92 Å². The number of pyridine rings is 2. The number of anilines is 3. The number of halogens is 2. The largest absolute Gasteiger partial charge is 0.459 e. The van der Waals surface area contributed by atoms with Crippen LogP contribution in [0.1, 0.15) is 45.8 Å². The molecule has 0 aromatic carbocycles. The summed E-state index contributed by atoms with van der Waals surface area (Å²) in [6.07, 6.45) is 3.59. The van der Waals surface area contributed by atoms with Gasteiger partial charge < -0.3 is 19.5 Å². The maximum Gasteiger partial charge on any atom is 0.291 e. The lowest BCUT2D eigenvalue weighted by molar-refractivity contribution is -0.0221. The SMILES string of the molecule is Cc1ccoc1C(=O)Nc1c(C)cc(N2CCc3ncccc3C2)nc1N1CCC(F)(F)CC1. The summed E-state index contributed by atoms with van der Waals surface area (Å²) in [5, 5.41) is 2.93. The fourth-order valence-electron chi connectivity index (χ4n) is 4.57. The van der Waals surface area contributed by atoms with Gasteiger partial charge in [-0.05, 0) is 43.2 Å². The zero-order valence-electron chi connectivity index (χ0n) is 19.3. The molecule has 0 spiro atoms. The predicted molar refractivity (Wildman–Crippen MR) is 126 cm³/mol. The molecule has 5 rings (SSSR count). The molecule has 0 atom stereocenters. The molecule has 0 aliphatic carbocycles. The number of carbonyl (C=O) groups is 1. The molecule has 2 aliphatic heterocycles. The third-order valence-corrected chi connectivity index (χ3v) is 6.57. The molecule has 1 saturated heterocycles. The Kier molecular flexibility index (Phi) is 5.71. The smallest absolute Gasteiger partial charge is 0.291 e. The molecule has 3 aromatic heterocycles. The molecule has 2 aliphatic rings. The van der Waals surface area contributed by atoms with Crippen LogP contribution in [0.4, 0.5) is 26.1 Å². The number of nitrogens with one attached hydrogen (secondary N) is 1. The molecule has 0 saturated carbocycles. The normalized spacial score (nSPS) is 17.4. The summed E-state index contributed by atoms with van der Waals surface area (Å²) in [7, 11) is 0. The maximum absolute atomic E-state index is 13.9. The van der Waals surface area contributed by atoms with Gasteiger partial charge in [0.2, 0.25) is 0 Å². The van der Waals surface area contributed by atoms with Crippen LogP contribution in [0.2, 0.25) is 0 Å². The summed E-state index contributed by atoms with van der Waals surface area (Å²) in [6.45, 7) is 5.45. The average Bonchev–Trinajstić information content (AvgIpc) is 3.26. The van der Waals surface area contributed by atoms with Gasteiger partial charge in [-0.25, -0.2) is 13.8 Å². The van der Waals surface area contributed by atoms with Gasteiger partial charge in [0.1, 0.15) is 5.82 Å². The number of alkyl halides is 2. The van der Waals surface area contributed by atoms with Crippen LogP contribution in [-0.2, 0) is 13.0 Å². The Morgan fingerprint density at radius 2 is 1.91 bits per heavy atom. The average molecular weight is 468 g/mol. The summed E-state index contributed by atoms with van der Waals surface area (Å²) < 4.78 is 33.1. The third kappa shape index (κ3) is 4.34. The van der Waals surface area contributed by atoms with Crippen LogP contribution in [0.15, 0.2) is 41.1 Å². The van der Waals surface area contributed by atoms with Gasteiger partial charge in [0.15, 0.2) is 11.6 Å². The number of amides is 1. The van der Waals surface area contributed by atoms with Crippen molar-refractivity contribution in [1.29, 1.82) is 0 Å². The predicted octanol–water partition coefficient (Wildman–Crippen LogP) is 4.74. The van der Waals surface area contributed by atoms with Gasteiger partial charge in [0.05, 0.1) is 12.0 Å². The number of carbonyl (C=O) groups excluding carboxylic acids is 1.